The number of pyridine rings is 1. The van der Waals surface area contributed by atoms with Crippen molar-refractivity contribution < 1.29 is 0 Å². The summed E-state index contributed by atoms with van der Waals surface area (Å²) in [6, 6.07) is 2.36. The summed E-state index contributed by atoms with van der Waals surface area (Å²) in [6.45, 7) is 6.37. The Morgan fingerprint density at radius 2 is 2.27 bits per heavy atom. The van der Waals surface area contributed by atoms with Crippen LogP contribution in [0.15, 0.2) is 12.3 Å². The molecule has 0 aliphatic heterocycles. The predicted molar refractivity (Wildman–Crippen MR) is 66.0 cm³/mol. The van der Waals surface area contributed by atoms with Gasteiger partial charge in [0.1, 0.15) is 5.82 Å². The lowest BCUT2D eigenvalue weighted by atomic mass is 10.1. The second-order valence-electron chi connectivity index (χ2n) is 4.08. The van der Waals surface area contributed by atoms with E-state index in [2.05, 4.69) is 24.1 Å². The topological polar surface area (TPSA) is 50.9 Å². The van der Waals surface area contributed by atoms with Crippen molar-refractivity contribution in [1.29, 1.82) is 0 Å². The highest BCUT2D eigenvalue weighted by atomic mass is 15.0. The Labute approximate surface area is 92.1 Å². The molecule has 15 heavy (non-hydrogen) atoms. The van der Waals surface area contributed by atoms with Crippen molar-refractivity contribution in [3.05, 3.63) is 17.8 Å². The molecule has 3 nitrogen and oxygen atoms in total. The first-order valence-corrected chi connectivity index (χ1v) is 5.62. The van der Waals surface area contributed by atoms with E-state index in [1.54, 1.807) is 6.20 Å². The summed E-state index contributed by atoms with van der Waals surface area (Å²) in [6.07, 6.45) is 5.41. The van der Waals surface area contributed by atoms with Crippen LogP contribution in [0.1, 0.15) is 38.7 Å². The molecule has 3 N–H and O–H groups in total. The third-order valence-corrected chi connectivity index (χ3v) is 2.58. The molecule has 0 aromatic carbocycles. The Bertz CT molecular complexity index is 310. The number of hydrogen-bond acceptors (Lipinski definition) is 3. The number of hydrogen-bond donors (Lipinski definition) is 2. The van der Waals surface area contributed by atoms with Crippen LogP contribution < -0.4 is 11.1 Å². The first-order chi connectivity index (χ1) is 7.15. The van der Waals surface area contributed by atoms with Gasteiger partial charge in [0.25, 0.3) is 0 Å². The number of nitrogen functional groups attached to an aromatic ring is 1. The summed E-state index contributed by atoms with van der Waals surface area (Å²) in [7, 11) is 0. The summed E-state index contributed by atoms with van der Waals surface area (Å²) in [5.41, 5.74) is 7.78. The molecule has 0 saturated heterocycles. The lowest BCUT2D eigenvalue weighted by Crippen LogP contribution is -2.17. The molecule has 0 radical (unpaired) electrons. The summed E-state index contributed by atoms with van der Waals surface area (Å²) in [5, 5.41) is 3.35. The zero-order chi connectivity index (χ0) is 11.3. The van der Waals surface area contributed by atoms with Gasteiger partial charge >= 0.3 is 0 Å². The zero-order valence-electron chi connectivity index (χ0n) is 9.88. The van der Waals surface area contributed by atoms with E-state index >= 15 is 0 Å². The van der Waals surface area contributed by atoms with Crippen molar-refractivity contribution in [2.45, 2.75) is 46.1 Å². The number of aromatic nitrogens is 1. The average Bonchev–Trinajstić information content (AvgIpc) is 2.22. The van der Waals surface area contributed by atoms with E-state index in [1.807, 2.05) is 13.0 Å². The quantitative estimate of drug-likeness (QED) is 0.780. The molecule has 1 atom stereocenters. The molecule has 0 bridgehead atoms. The minimum atomic E-state index is 0.432. The molecule has 3 heteroatoms. The largest absolute Gasteiger partial charge is 0.396 e. The monoisotopic (exact) mass is 207 g/mol. The van der Waals surface area contributed by atoms with Crippen LogP contribution in [0.2, 0.25) is 0 Å². The van der Waals surface area contributed by atoms with Gasteiger partial charge in [-0.2, -0.15) is 0 Å². The van der Waals surface area contributed by atoms with Gasteiger partial charge in [-0.05, 0) is 31.9 Å². The van der Waals surface area contributed by atoms with Crippen LogP contribution in [-0.4, -0.2) is 11.0 Å². The fraction of sp³-hybridized carbons (Fsp3) is 0.583. The van der Waals surface area contributed by atoms with Crippen LogP contribution in [0.25, 0.3) is 0 Å². The van der Waals surface area contributed by atoms with Gasteiger partial charge in [-0.3, -0.25) is 0 Å². The van der Waals surface area contributed by atoms with Gasteiger partial charge in [0.05, 0.1) is 5.69 Å². The van der Waals surface area contributed by atoms with Crippen molar-refractivity contribution in [3.63, 3.8) is 0 Å². The maximum atomic E-state index is 5.93. The molecule has 1 unspecified atom stereocenters. The van der Waals surface area contributed by atoms with E-state index in [4.69, 9.17) is 5.73 Å². The van der Waals surface area contributed by atoms with Gasteiger partial charge < -0.3 is 11.1 Å². The first kappa shape index (κ1) is 11.8. The molecule has 0 saturated carbocycles. The lowest BCUT2D eigenvalue weighted by Gasteiger charge is -2.16. The minimum absolute atomic E-state index is 0.432. The molecule has 1 heterocycles. The number of nitrogens with zero attached hydrogens (tertiary/aromatic N) is 1. The van der Waals surface area contributed by atoms with Gasteiger partial charge in [-0.1, -0.05) is 19.8 Å². The summed E-state index contributed by atoms with van der Waals surface area (Å²) >= 11 is 0. The zero-order valence-corrected chi connectivity index (χ0v) is 9.88. The Hall–Kier alpha value is -1.25. The number of anilines is 2. The van der Waals surface area contributed by atoms with Gasteiger partial charge in [0.15, 0.2) is 0 Å². The Morgan fingerprint density at radius 1 is 1.53 bits per heavy atom. The van der Waals surface area contributed by atoms with Crippen LogP contribution in [0, 0.1) is 6.92 Å². The number of nitrogens with one attached hydrogen (secondary N) is 1. The molecule has 1 aromatic rings. The standard InChI is InChI=1S/C12H21N3/c1-4-5-6-10(3)15-12-11(13)9(2)7-8-14-12/h7-8,10H,4-6,13H2,1-3H3,(H,14,15). The third kappa shape index (κ3) is 3.42. The molecule has 0 fully saturated rings. The van der Waals surface area contributed by atoms with Crippen molar-refractivity contribution in [2.75, 3.05) is 11.1 Å². The number of unbranched alkanes of at least 4 members (excludes halogenated alkanes) is 1. The Balaban J connectivity index is 2.60. The molecular weight excluding hydrogens is 186 g/mol. The second kappa shape index (κ2) is 5.59. The number of rotatable bonds is 5. The molecule has 84 valence electrons. The van der Waals surface area contributed by atoms with Crippen LogP contribution >= 0.6 is 0 Å². The number of nitrogens with two attached hydrogens (primary N) is 1. The highest BCUT2D eigenvalue weighted by Crippen LogP contribution is 2.20. The molecule has 0 aliphatic rings. The van der Waals surface area contributed by atoms with Crippen molar-refractivity contribution in [3.8, 4) is 0 Å². The third-order valence-electron chi connectivity index (χ3n) is 2.58. The Kier molecular flexibility index (Phi) is 4.40. The van der Waals surface area contributed by atoms with E-state index < -0.39 is 0 Å². The van der Waals surface area contributed by atoms with E-state index in [0.717, 1.165) is 23.5 Å². The van der Waals surface area contributed by atoms with Crippen LogP contribution in [-0.2, 0) is 0 Å². The van der Waals surface area contributed by atoms with Gasteiger partial charge in [0.2, 0.25) is 0 Å². The molecule has 0 amide bonds. The Morgan fingerprint density at radius 3 is 2.93 bits per heavy atom. The van der Waals surface area contributed by atoms with Gasteiger partial charge in [-0.15, -0.1) is 0 Å². The maximum Gasteiger partial charge on any atom is 0.149 e. The molecule has 1 aromatic heterocycles. The van der Waals surface area contributed by atoms with Crippen LogP contribution in [0.3, 0.4) is 0 Å². The van der Waals surface area contributed by atoms with Crippen molar-refractivity contribution in [1.82, 2.24) is 4.98 Å². The highest BCUT2D eigenvalue weighted by molar-refractivity contribution is 5.65. The van der Waals surface area contributed by atoms with Crippen molar-refractivity contribution in [2.24, 2.45) is 0 Å². The molecular formula is C12H21N3. The highest BCUT2D eigenvalue weighted by Gasteiger charge is 2.06. The molecule has 0 aliphatic carbocycles. The predicted octanol–water partition coefficient (Wildman–Crippen LogP) is 2.96. The van der Waals surface area contributed by atoms with E-state index in [1.165, 1.54) is 12.8 Å². The second-order valence-corrected chi connectivity index (χ2v) is 4.08. The molecule has 0 spiro atoms. The maximum absolute atomic E-state index is 5.93. The summed E-state index contributed by atoms with van der Waals surface area (Å²) in [4.78, 5) is 4.25. The first-order valence-electron chi connectivity index (χ1n) is 5.62. The van der Waals surface area contributed by atoms with Crippen LogP contribution in [0.5, 0.6) is 0 Å². The van der Waals surface area contributed by atoms with Crippen LogP contribution in [0.4, 0.5) is 11.5 Å². The minimum Gasteiger partial charge on any atom is -0.396 e. The molecule has 1 rings (SSSR count). The van der Waals surface area contributed by atoms with Gasteiger partial charge in [-0.25, -0.2) is 4.98 Å². The summed E-state index contributed by atoms with van der Waals surface area (Å²) in [5.74, 6) is 0.818. The number of aryl methyl sites for hydroxylation is 1. The SMILES string of the molecule is CCCCC(C)Nc1nccc(C)c1N. The smallest absolute Gasteiger partial charge is 0.149 e. The fourth-order valence-electron chi connectivity index (χ4n) is 1.50. The normalized spacial score (nSPS) is 12.5. The van der Waals surface area contributed by atoms with Gasteiger partial charge in [0, 0.05) is 12.2 Å². The average molecular weight is 207 g/mol. The van der Waals surface area contributed by atoms with Crippen molar-refractivity contribution >= 4 is 11.5 Å². The van der Waals surface area contributed by atoms with E-state index in [-0.39, 0.29) is 0 Å². The van der Waals surface area contributed by atoms with E-state index in [0.29, 0.717) is 6.04 Å². The lowest BCUT2D eigenvalue weighted by molar-refractivity contribution is 0.643. The fourth-order valence-corrected chi connectivity index (χ4v) is 1.50. The summed E-state index contributed by atoms with van der Waals surface area (Å²) < 4.78 is 0. The van der Waals surface area contributed by atoms with E-state index in [9.17, 15) is 0 Å².